The van der Waals surface area contributed by atoms with Gasteiger partial charge in [-0.05, 0) is 34.4 Å². The molecule has 0 saturated carbocycles. The first-order valence-corrected chi connectivity index (χ1v) is 17.6. The second-order valence-corrected chi connectivity index (χ2v) is 14.0. The third kappa shape index (κ3) is 8.43. The van der Waals surface area contributed by atoms with Crippen LogP contribution in [0.2, 0.25) is 0 Å². The van der Waals surface area contributed by atoms with Crippen LogP contribution in [0.25, 0.3) is 0 Å². The fourth-order valence-corrected chi connectivity index (χ4v) is 7.99. The molecule has 0 saturated heterocycles. The summed E-state index contributed by atoms with van der Waals surface area (Å²) >= 11 is 2.84. The van der Waals surface area contributed by atoms with Gasteiger partial charge in [0.1, 0.15) is 6.61 Å². The summed E-state index contributed by atoms with van der Waals surface area (Å²) in [5, 5.41) is 13.5. The Morgan fingerprint density at radius 3 is 1.90 bits per heavy atom. The summed E-state index contributed by atoms with van der Waals surface area (Å²) < 4.78 is 33.4. The smallest absolute Gasteiger partial charge is 0.422 e. The molecule has 2 amide bonds. The third-order valence-corrected chi connectivity index (χ3v) is 10.5. The van der Waals surface area contributed by atoms with Gasteiger partial charge in [-0.3, -0.25) is 14.9 Å². The van der Waals surface area contributed by atoms with Gasteiger partial charge in [0.2, 0.25) is 0 Å². The number of hydrogen-bond donors (Lipinski definition) is 3. The van der Waals surface area contributed by atoms with Crippen LogP contribution in [-0.2, 0) is 26.3 Å². The zero-order valence-corrected chi connectivity index (χ0v) is 27.6. The molecule has 48 heavy (non-hydrogen) atoms. The van der Waals surface area contributed by atoms with Crippen LogP contribution in [0.3, 0.4) is 0 Å². The fourth-order valence-electron chi connectivity index (χ4n) is 4.78. The number of benzene rings is 4. The summed E-state index contributed by atoms with van der Waals surface area (Å²) in [7, 11) is -4.31. The van der Waals surface area contributed by atoms with E-state index in [2.05, 4.69) is 51.4 Å². The van der Waals surface area contributed by atoms with E-state index < -0.39 is 31.9 Å². The van der Waals surface area contributed by atoms with Gasteiger partial charge in [-0.1, -0.05) is 103 Å². The number of thioether (sulfide) groups is 1. The summed E-state index contributed by atoms with van der Waals surface area (Å²) in [6, 6.07) is 35.3. The number of thiazole rings is 1. The molecule has 4 aromatic carbocycles. The number of nitro benzene ring substituents is 1. The summed E-state index contributed by atoms with van der Waals surface area (Å²) in [6.07, 6.45) is -1.24. The normalized spacial score (nSPS) is 11.4. The minimum atomic E-state index is -4.31. The molecule has 0 atom stereocenters. The molecule has 1 aromatic heterocycles. The highest BCUT2D eigenvalue weighted by atomic mass is 32.2. The molecule has 0 bridgehead atoms. The van der Waals surface area contributed by atoms with Gasteiger partial charge >= 0.3 is 16.3 Å². The van der Waals surface area contributed by atoms with Gasteiger partial charge in [0, 0.05) is 25.2 Å². The zero-order valence-electron chi connectivity index (χ0n) is 25.1. The second kappa shape index (κ2) is 15.7. The molecule has 3 N–H and O–H groups in total. The SMILES string of the molecule is O=C(NS(=O)(=O)NCCNC(=O)c1ncsc1SC(c1ccccc1)(c1ccccc1)c1ccccc1)OCc1ccc([N+](=O)[O-])cc1. The Bertz CT molecular complexity index is 1860. The fraction of sp³-hybridized carbons (Fsp3) is 0.121. The van der Waals surface area contributed by atoms with Crippen LogP contribution in [0, 0.1) is 10.1 Å². The van der Waals surface area contributed by atoms with E-state index in [-0.39, 0.29) is 31.1 Å². The maximum absolute atomic E-state index is 13.3. The lowest BCUT2D eigenvalue weighted by Crippen LogP contribution is -2.43. The van der Waals surface area contributed by atoms with Crippen LogP contribution in [0.5, 0.6) is 0 Å². The molecular weight excluding hydrogens is 675 g/mol. The van der Waals surface area contributed by atoms with E-state index in [1.54, 1.807) is 10.2 Å². The average molecular weight is 704 g/mol. The number of amides is 2. The van der Waals surface area contributed by atoms with Crippen molar-refractivity contribution in [3.63, 3.8) is 0 Å². The van der Waals surface area contributed by atoms with E-state index in [1.807, 2.05) is 54.6 Å². The number of nitro groups is 1. The largest absolute Gasteiger partial charge is 0.444 e. The standard InChI is InChI=1S/C33H29N5O7S3/c39-30(34-20-21-36-48(43,44)37-32(40)45-22-24-16-18-28(19-17-24)38(41)42)29-31(46-23-35-29)47-33(25-10-4-1-5-11-25,26-12-6-2-7-13-26)27-14-8-3-9-15-27/h1-19,23,36H,20-22H2,(H,34,39)(H,37,40). The van der Waals surface area contributed by atoms with E-state index >= 15 is 0 Å². The first-order chi connectivity index (χ1) is 23.2. The average Bonchev–Trinajstić information content (AvgIpc) is 3.57. The van der Waals surface area contributed by atoms with Crippen molar-refractivity contribution < 1.29 is 27.7 Å². The quantitative estimate of drug-likeness (QED) is 0.0437. The number of non-ortho nitro benzene ring substituents is 1. The molecule has 0 aliphatic heterocycles. The maximum Gasteiger partial charge on any atom is 0.422 e. The van der Waals surface area contributed by atoms with Gasteiger partial charge in [-0.15, -0.1) is 11.3 Å². The lowest BCUT2D eigenvalue weighted by molar-refractivity contribution is -0.384. The van der Waals surface area contributed by atoms with Crippen molar-refractivity contribution in [3.05, 3.63) is 159 Å². The van der Waals surface area contributed by atoms with Crippen LogP contribution in [0.1, 0.15) is 32.7 Å². The number of nitrogens with one attached hydrogen (secondary N) is 3. The predicted molar refractivity (Wildman–Crippen MR) is 183 cm³/mol. The molecule has 0 unspecified atom stereocenters. The van der Waals surface area contributed by atoms with Crippen molar-refractivity contribution in [2.24, 2.45) is 0 Å². The number of carbonyl (C=O) groups is 2. The van der Waals surface area contributed by atoms with Gasteiger partial charge in [-0.25, -0.2) is 14.5 Å². The summed E-state index contributed by atoms with van der Waals surface area (Å²) in [4.78, 5) is 39.9. The second-order valence-electron chi connectivity index (χ2n) is 10.1. The lowest BCUT2D eigenvalue weighted by atomic mass is 9.84. The monoisotopic (exact) mass is 703 g/mol. The van der Waals surface area contributed by atoms with E-state index in [0.717, 1.165) is 16.7 Å². The zero-order chi connectivity index (χ0) is 34.0. The molecule has 12 nitrogen and oxygen atoms in total. The van der Waals surface area contributed by atoms with Crippen LogP contribution >= 0.6 is 23.1 Å². The van der Waals surface area contributed by atoms with Crippen molar-refractivity contribution in [2.75, 3.05) is 13.1 Å². The minimum absolute atomic E-state index is 0.0968. The highest BCUT2D eigenvalue weighted by molar-refractivity contribution is 8.02. The van der Waals surface area contributed by atoms with Gasteiger partial charge < -0.3 is 10.1 Å². The van der Waals surface area contributed by atoms with Crippen LogP contribution in [0.15, 0.2) is 125 Å². The molecule has 0 aliphatic rings. The number of nitrogens with zero attached hydrogens (tertiary/aromatic N) is 2. The van der Waals surface area contributed by atoms with Crippen molar-refractivity contribution in [2.45, 2.75) is 15.6 Å². The Kier molecular flexibility index (Phi) is 11.2. The molecule has 0 fully saturated rings. The van der Waals surface area contributed by atoms with Crippen molar-refractivity contribution in [3.8, 4) is 0 Å². The van der Waals surface area contributed by atoms with Gasteiger partial charge in [-0.2, -0.15) is 13.1 Å². The first kappa shape index (κ1) is 34.3. The van der Waals surface area contributed by atoms with Crippen molar-refractivity contribution in [1.82, 2.24) is 19.7 Å². The van der Waals surface area contributed by atoms with Crippen LogP contribution in [0.4, 0.5) is 10.5 Å². The van der Waals surface area contributed by atoms with Gasteiger partial charge in [0.25, 0.3) is 11.6 Å². The Labute approximate surface area is 284 Å². The Morgan fingerprint density at radius 1 is 0.833 bits per heavy atom. The van der Waals surface area contributed by atoms with E-state index in [0.29, 0.717) is 9.77 Å². The minimum Gasteiger partial charge on any atom is -0.444 e. The summed E-state index contributed by atoms with van der Waals surface area (Å²) in [6.45, 7) is -0.630. The number of aromatic nitrogens is 1. The highest BCUT2D eigenvalue weighted by Crippen LogP contribution is 2.53. The molecule has 0 aliphatic carbocycles. The number of hydrogen-bond acceptors (Lipinski definition) is 10. The maximum atomic E-state index is 13.3. The topological polar surface area (TPSA) is 170 Å². The van der Waals surface area contributed by atoms with E-state index in [9.17, 15) is 28.1 Å². The third-order valence-electron chi connectivity index (χ3n) is 6.97. The number of carbonyl (C=O) groups excluding carboxylic acids is 2. The summed E-state index contributed by atoms with van der Waals surface area (Å²) in [5.41, 5.74) is 5.13. The van der Waals surface area contributed by atoms with E-state index in [4.69, 9.17) is 4.74 Å². The number of rotatable bonds is 14. The molecule has 5 aromatic rings. The lowest BCUT2D eigenvalue weighted by Gasteiger charge is -2.35. The summed E-state index contributed by atoms with van der Waals surface area (Å²) in [5.74, 6) is -0.489. The first-order valence-electron chi connectivity index (χ1n) is 14.4. The van der Waals surface area contributed by atoms with Gasteiger partial charge in [0.05, 0.1) is 19.4 Å². The highest BCUT2D eigenvalue weighted by Gasteiger charge is 2.39. The molecule has 5 rings (SSSR count). The molecule has 1 heterocycles. The van der Waals surface area contributed by atoms with Crippen LogP contribution in [-0.4, -0.2) is 43.4 Å². The molecule has 246 valence electrons. The molecular formula is C33H29N5O7S3. The molecule has 15 heteroatoms. The Hall–Kier alpha value is -5.09. The predicted octanol–water partition coefficient (Wildman–Crippen LogP) is 5.63. The van der Waals surface area contributed by atoms with Crippen molar-refractivity contribution >= 4 is 51.0 Å². The molecule has 0 spiro atoms. The van der Waals surface area contributed by atoms with Crippen LogP contribution < -0.4 is 14.8 Å². The van der Waals surface area contributed by atoms with Gasteiger partial charge in [0.15, 0.2) is 5.69 Å². The van der Waals surface area contributed by atoms with Crippen molar-refractivity contribution in [1.29, 1.82) is 0 Å². The Morgan fingerprint density at radius 2 is 1.38 bits per heavy atom. The molecule has 0 radical (unpaired) electrons. The Balaban J connectivity index is 1.22. The number of ether oxygens (including phenoxy) is 1. The van der Waals surface area contributed by atoms with E-state index in [1.165, 1.54) is 47.4 Å².